The van der Waals surface area contributed by atoms with Crippen molar-refractivity contribution in [1.82, 2.24) is 5.32 Å². The first kappa shape index (κ1) is 16.0. The van der Waals surface area contributed by atoms with Crippen LogP contribution in [0.25, 0.3) is 0 Å². The number of aliphatic hydroxyl groups excluding tert-OH is 1. The number of ether oxygens (including phenoxy) is 1. The monoisotopic (exact) mass is 265 g/mol. The second-order valence-corrected chi connectivity index (χ2v) is 4.82. The summed E-state index contributed by atoms with van der Waals surface area (Å²) in [6.45, 7) is 6.23. The zero-order valence-electron chi connectivity index (χ0n) is 12.2. The van der Waals surface area contributed by atoms with Gasteiger partial charge in [-0.1, -0.05) is 25.0 Å². The first-order valence-corrected chi connectivity index (χ1v) is 7.35. The number of benzene rings is 1. The Morgan fingerprint density at radius 2 is 1.79 bits per heavy atom. The van der Waals surface area contributed by atoms with Gasteiger partial charge in [0.05, 0.1) is 6.61 Å². The predicted molar refractivity (Wildman–Crippen MR) is 79.6 cm³/mol. The Morgan fingerprint density at radius 1 is 1.11 bits per heavy atom. The van der Waals surface area contributed by atoms with Gasteiger partial charge in [-0.25, -0.2) is 0 Å². The molecule has 19 heavy (non-hydrogen) atoms. The second kappa shape index (κ2) is 9.82. The maximum Gasteiger partial charge on any atom is 0.119 e. The fraction of sp³-hybridized carbons (Fsp3) is 0.625. The molecule has 1 unspecified atom stereocenters. The van der Waals surface area contributed by atoms with Gasteiger partial charge in [0.2, 0.25) is 0 Å². The van der Waals surface area contributed by atoms with E-state index in [-0.39, 0.29) is 0 Å². The lowest BCUT2D eigenvalue weighted by atomic mass is 10.1. The van der Waals surface area contributed by atoms with Crippen LogP contribution < -0.4 is 10.1 Å². The van der Waals surface area contributed by atoms with E-state index in [1.165, 1.54) is 18.4 Å². The number of unbranched alkanes of at least 4 members (excludes halogenated alkanes) is 3. The summed E-state index contributed by atoms with van der Waals surface area (Å²) < 4.78 is 5.44. The van der Waals surface area contributed by atoms with Crippen molar-refractivity contribution in [2.45, 2.75) is 45.6 Å². The highest BCUT2D eigenvalue weighted by molar-refractivity contribution is 5.28. The number of hydrogen-bond acceptors (Lipinski definition) is 3. The molecular formula is C16H27NO2. The first-order chi connectivity index (χ1) is 9.27. The third kappa shape index (κ3) is 6.60. The van der Waals surface area contributed by atoms with Crippen molar-refractivity contribution in [2.75, 3.05) is 19.8 Å². The summed E-state index contributed by atoms with van der Waals surface area (Å²) in [6, 6.07) is 8.66. The van der Waals surface area contributed by atoms with Gasteiger partial charge in [-0.15, -0.1) is 0 Å². The second-order valence-electron chi connectivity index (χ2n) is 4.82. The Balaban J connectivity index is 2.23. The predicted octanol–water partition coefficient (Wildman–Crippen LogP) is 3.29. The summed E-state index contributed by atoms with van der Waals surface area (Å²) in [6.07, 6.45) is 4.40. The van der Waals surface area contributed by atoms with E-state index in [1.54, 1.807) is 0 Å². The molecule has 1 aromatic carbocycles. The number of nitrogens with one attached hydrogen (secondary N) is 1. The van der Waals surface area contributed by atoms with Crippen LogP contribution in [0.1, 0.15) is 51.1 Å². The van der Waals surface area contributed by atoms with E-state index in [2.05, 4.69) is 24.4 Å². The van der Waals surface area contributed by atoms with Gasteiger partial charge in [-0.05, 0) is 50.9 Å². The molecule has 0 bridgehead atoms. The highest BCUT2D eigenvalue weighted by Gasteiger charge is 2.04. The molecule has 2 N–H and O–H groups in total. The Hall–Kier alpha value is -1.06. The molecule has 0 saturated heterocycles. The highest BCUT2D eigenvalue weighted by atomic mass is 16.5. The van der Waals surface area contributed by atoms with Gasteiger partial charge in [0.15, 0.2) is 0 Å². The Kier molecular flexibility index (Phi) is 8.26. The van der Waals surface area contributed by atoms with Crippen molar-refractivity contribution in [2.24, 2.45) is 0 Å². The van der Waals surface area contributed by atoms with Crippen LogP contribution in [0.15, 0.2) is 24.3 Å². The van der Waals surface area contributed by atoms with E-state index >= 15 is 0 Å². The molecule has 0 amide bonds. The quantitative estimate of drug-likeness (QED) is 0.638. The van der Waals surface area contributed by atoms with Gasteiger partial charge in [-0.3, -0.25) is 0 Å². The third-order valence-corrected chi connectivity index (χ3v) is 3.23. The highest BCUT2D eigenvalue weighted by Crippen LogP contribution is 2.17. The molecule has 0 aliphatic rings. The van der Waals surface area contributed by atoms with Crippen LogP contribution in [0.5, 0.6) is 5.75 Å². The largest absolute Gasteiger partial charge is 0.494 e. The van der Waals surface area contributed by atoms with Gasteiger partial charge in [0, 0.05) is 12.6 Å². The molecule has 3 heteroatoms. The molecule has 0 heterocycles. The summed E-state index contributed by atoms with van der Waals surface area (Å²) in [7, 11) is 0. The van der Waals surface area contributed by atoms with Crippen LogP contribution in [0.3, 0.4) is 0 Å². The molecule has 0 aromatic heterocycles. The molecule has 1 rings (SSSR count). The van der Waals surface area contributed by atoms with Crippen molar-refractivity contribution in [3.05, 3.63) is 29.8 Å². The standard InChI is InChI=1S/C16H27NO2/c1-3-19-16-10-8-15(9-11-16)14(2)17-12-6-4-5-7-13-18/h8-11,14,17-18H,3-7,12-13H2,1-2H3. The molecule has 1 atom stereocenters. The molecule has 0 radical (unpaired) electrons. The molecule has 0 saturated carbocycles. The average molecular weight is 265 g/mol. The van der Waals surface area contributed by atoms with Crippen molar-refractivity contribution in [3.8, 4) is 5.75 Å². The van der Waals surface area contributed by atoms with Crippen LogP contribution >= 0.6 is 0 Å². The van der Waals surface area contributed by atoms with Gasteiger partial charge in [0.25, 0.3) is 0 Å². The van der Waals surface area contributed by atoms with E-state index in [4.69, 9.17) is 9.84 Å². The van der Waals surface area contributed by atoms with Gasteiger partial charge in [0.1, 0.15) is 5.75 Å². The maximum absolute atomic E-state index is 8.69. The molecule has 0 aliphatic heterocycles. The summed E-state index contributed by atoms with van der Waals surface area (Å²) in [5.41, 5.74) is 1.29. The van der Waals surface area contributed by atoms with E-state index in [9.17, 15) is 0 Å². The lowest BCUT2D eigenvalue weighted by Crippen LogP contribution is -2.19. The van der Waals surface area contributed by atoms with Crippen LogP contribution in [0.2, 0.25) is 0 Å². The minimum absolute atomic E-state index is 0.315. The third-order valence-electron chi connectivity index (χ3n) is 3.23. The molecule has 108 valence electrons. The van der Waals surface area contributed by atoms with Crippen LogP contribution in [-0.4, -0.2) is 24.9 Å². The number of rotatable bonds is 10. The smallest absolute Gasteiger partial charge is 0.119 e. The van der Waals surface area contributed by atoms with Crippen molar-refractivity contribution in [3.63, 3.8) is 0 Å². The van der Waals surface area contributed by atoms with Crippen molar-refractivity contribution >= 4 is 0 Å². The molecule has 0 aliphatic carbocycles. The Labute approximate surface area is 117 Å². The average Bonchev–Trinajstić information content (AvgIpc) is 2.43. The molecular weight excluding hydrogens is 238 g/mol. The summed E-state index contributed by atoms with van der Waals surface area (Å²) in [5.74, 6) is 0.933. The Bertz CT molecular complexity index is 324. The Morgan fingerprint density at radius 3 is 2.42 bits per heavy atom. The minimum Gasteiger partial charge on any atom is -0.494 e. The normalized spacial score (nSPS) is 12.4. The van der Waals surface area contributed by atoms with Gasteiger partial charge in [-0.2, -0.15) is 0 Å². The van der Waals surface area contributed by atoms with Crippen LogP contribution in [-0.2, 0) is 0 Å². The summed E-state index contributed by atoms with van der Waals surface area (Å²) in [4.78, 5) is 0. The lowest BCUT2D eigenvalue weighted by molar-refractivity contribution is 0.282. The topological polar surface area (TPSA) is 41.5 Å². The number of aliphatic hydroxyl groups is 1. The fourth-order valence-electron chi connectivity index (χ4n) is 2.05. The zero-order chi connectivity index (χ0) is 13.9. The fourth-order valence-corrected chi connectivity index (χ4v) is 2.05. The van der Waals surface area contributed by atoms with Gasteiger partial charge >= 0.3 is 0 Å². The van der Waals surface area contributed by atoms with E-state index in [0.717, 1.165) is 25.1 Å². The molecule has 0 fully saturated rings. The van der Waals surface area contributed by atoms with Gasteiger partial charge < -0.3 is 15.2 Å². The molecule has 3 nitrogen and oxygen atoms in total. The zero-order valence-corrected chi connectivity index (χ0v) is 12.2. The first-order valence-electron chi connectivity index (χ1n) is 7.35. The summed E-state index contributed by atoms with van der Waals surface area (Å²) in [5, 5.41) is 12.2. The van der Waals surface area contributed by atoms with Crippen LogP contribution in [0, 0.1) is 0 Å². The number of hydrogen-bond donors (Lipinski definition) is 2. The minimum atomic E-state index is 0.315. The maximum atomic E-state index is 8.69. The van der Waals surface area contributed by atoms with E-state index in [0.29, 0.717) is 19.3 Å². The van der Waals surface area contributed by atoms with Crippen molar-refractivity contribution in [1.29, 1.82) is 0 Å². The molecule has 1 aromatic rings. The van der Waals surface area contributed by atoms with Crippen molar-refractivity contribution < 1.29 is 9.84 Å². The van der Waals surface area contributed by atoms with E-state index in [1.807, 2.05) is 19.1 Å². The summed E-state index contributed by atoms with van der Waals surface area (Å²) >= 11 is 0. The molecule has 0 spiro atoms. The van der Waals surface area contributed by atoms with E-state index < -0.39 is 0 Å². The SMILES string of the molecule is CCOc1ccc(C(C)NCCCCCCO)cc1. The lowest BCUT2D eigenvalue weighted by Gasteiger charge is -2.14. The van der Waals surface area contributed by atoms with Crippen LogP contribution in [0.4, 0.5) is 0 Å².